The molecule has 320 valence electrons. The van der Waals surface area contributed by atoms with Crippen LogP contribution in [0.3, 0.4) is 0 Å². The normalized spacial score (nSPS) is 20.1. The van der Waals surface area contributed by atoms with Gasteiger partial charge in [-0.25, -0.2) is 23.2 Å². The molecule has 2 saturated heterocycles. The van der Waals surface area contributed by atoms with Gasteiger partial charge >= 0.3 is 6.09 Å². The number of aromatic nitrogens is 4. The zero-order valence-electron chi connectivity index (χ0n) is 35.3. The number of nitrogens with zero attached hydrogens (tertiary/aromatic N) is 4. The molecule has 2 aromatic heterocycles. The van der Waals surface area contributed by atoms with Crippen LogP contribution in [-0.4, -0.2) is 126 Å². The molecule has 4 atom stereocenters. The average Bonchev–Trinajstić information content (AvgIpc) is 3.96. The van der Waals surface area contributed by atoms with Gasteiger partial charge in [-0.3, -0.25) is 14.5 Å². The van der Waals surface area contributed by atoms with E-state index in [1.165, 1.54) is 12.0 Å². The first-order chi connectivity index (χ1) is 28.5. The van der Waals surface area contributed by atoms with Crippen LogP contribution in [0.25, 0.3) is 44.2 Å². The van der Waals surface area contributed by atoms with Gasteiger partial charge in [0.15, 0.2) is 9.84 Å². The van der Waals surface area contributed by atoms with E-state index in [2.05, 4.69) is 87.8 Å². The van der Waals surface area contributed by atoms with E-state index in [1.54, 1.807) is 20.0 Å². The number of amides is 3. The minimum atomic E-state index is -3.45. The number of benzene rings is 3. The number of sulfone groups is 1. The Morgan fingerprint density at radius 1 is 0.933 bits per heavy atom. The lowest BCUT2D eigenvalue weighted by Crippen LogP contribution is -2.55. The Morgan fingerprint density at radius 3 is 2.33 bits per heavy atom. The molecule has 17 heteroatoms. The maximum Gasteiger partial charge on any atom is 0.407 e. The first kappa shape index (κ1) is 43.0. The smallest absolute Gasteiger partial charge is 0.407 e. The number of methoxy groups -OCH3 is 1. The molecule has 5 aromatic rings. The Hall–Kier alpha value is -5.10. The zero-order chi connectivity index (χ0) is 43.1. The molecule has 1 unspecified atom stereocenters. The van der Waals surface area contributed by atoms with E-state index in [0.29, 0.717) is 18.1 Å². The van der Waals surface area contributed by atoms with Gasteiger partial charge in [0.05, 0.1) is 55.7 Å². The summed E-state index contributed by atoms with van der Waals surface area (Å²) in [4.78, 5) is 58.5. The van der Waals surface area contributed by atoms with Gasteiger partial charge in [-0.2, -0.15) is 0 Å². The molecule has 2 fully saturated rings. The van der Waals surface area contributed by atoms with Gasteiger partial charge in [-0.05, 0) is 58.3 Å². The molecule has 0 radical (unpaired) electrons. The van der Waals surface area contributed by atoms with Crippen LogP contribution in [0, 0.1) is 11.8 Å². The second-order valence-corrected chi connectivity index (χ2v) is 25.0. The van der Waals surface area contributed by atoms with Crippen molar-refractivity contribution in [3.8, 4) is 22.4 Å². The number of nitrogens with one attached hydrogen (secondary N) is 4. The van der Waals surface area contributed by atoms with E-state index in [9.17, 15) is 27.9 Å². The topological polar surface area (TPSA) is 203 Å². The van der Waals surface area contributed by atoms with Crippen LogP contribution in [0.5, 0.6) is 0 Å². The van der Waals surface area contributed by atoms with Crippen LogP contribution >= 0.6 is 0 Å². The van der Waals surface area contributed by atoms with Gasteiger partial charge in [0.2, 0.25) is 11.8 Å². The summed E-state index contributed by atoms with van der Waals surface area (Å²) in [5, 5.41) is 17.1. The number of carbonyl (C=O) groups is 3. The van der Waals surface area contributed by atoms with E-state index in [0.717, 1.165) is 56.5 Å². The largest absolute Gasteiger partial charge is 0.453 e. The average molecular weight is 857 g/mol. The van der Waals surface area contributed by atoms with E-state index >= 15 is 0 Å². The SMILES string of the molecule is COC(=O)N[C@H](C(=O)N1CCS(=O)(=O)CC1c1ncc(-c2ccc(-c3ccc4c(ccc5nc([C@@H]6C[Si](C)(C)CN6C[C@@H](NC(=O)CO)C(C)C)[nH]c54)c3)cc2)[nH]1)C(C)C. The lowest BCUT2D eigenvalue weighted by Gasteiger charge is -2.37. The molecule has 5 N–H and O–H groups in total. The molecule has 15 nitrogen and oxygen atoms in total. The third-order valence-electron chi connectivity index (χ3n) is 11.9. The third kappa shape index (κ3) is 9.13. The van der Waals surface area contributed by atoms with Gasteiger partial charge in [0.1, 0.15) is 30.3 Å². The van der Waals surface area contributed by atoms with E-state index in [4.69, 9.17) is 9.72 Å². The summed E-state index contributed by atoms with van der Waals surface area (Å²) in [5.41, 5.74) is 5.48. The molecular formula is C43H56N8O7SSi. The molecule has 0 saturated carbocycles. The predicted octanol–water partition coefficient (Wildman–Crippen LogP) is 5.19. The minimum Gasteiger partial charge on any atom is -0.453 e. The van der Waals surface area contributed by atoms with Crippen LogP contribution in [0.2, 0.25) is 19.1 Å². The van der Waals surface area contributed by atoms with Crippen molar-refractivity contribution in [2.45, 2.75) is 71.0 Å². The molecular weight excluding hydrogens is 801 g/mol. The van der Waals surface area contributed by atoms with Gasteiger partial charge in [0, 0.05) is 24.5 Å². The summed E-state index contributed by atoms with van der Waals surface area (Å²) in [6.45, 7) is 12.7. The number of imidazole rings is 2. The number of hydrogen-bond acceptors (Lipinski definition) is 10. The summed E-state index contributed by atoms with van der Waals surface area (Å²) in [5.74, 6) is 0.0145. The van der Waals surface area contributed by atoms with Crippen LogP contribution in [0.1, 0.15) is 51.4 Å². The predicted molar refractivity (Wildman–Crippen MR) is 234 cm³/mol. The summed E-state index contributed by atoms with van der Waals surface area (Å²) in [6, 6.07) is 17.9. The molecule has 3 aromatic carbocycles. The van der Waals surface area contributed by atoms with Crippen LogP contribution in [-0.2, 0) is 24.2 Å². The van der Waals surface area contributed by atoms with Crippen molar-refractivity contribution in [2.75, 3.05) is 44.5 Å². The number of ether oxygens (including phenoxy) is 1. The highest BCUT2D eigenvalue weighted by atomic mass is 32.2. The van der Waals surface area contributed by atoms with Crippen molar-refractivity contribution >= 4 is 57.6 Å². The fourth-order valence-corrected chi connectivity index (χ4v) is 13.1. The Kier molecular flexibility index (Phi) is 12.3. The molecule has 0 aliphatic carbocycles. The summed E-state index contributed by atoms with van der Waals surface area (Å²) in [6.07, 6.45) is 1.91. The van der Waals surface area contributed by atoms with Gasteiger partial charge in [-0.1, -0.05) is 83.3 Å². The van der Waals surface area contributed by atoms with Crippen LogP contribution in [0.15, 0.2) is 60.8 Å². The molecule has 4 heterocycles. The first-order valence-corrected chi connectivity index (χ1v) is 25.8. The molecule has 3 amide bonds. The van der Waals surface area contributed by atoms with Crippen molar-refractivity contribution in [3.05, 3.63) is 72.4 Å². The number of hydrogen-bond donors (Lipinski definition) is 5. The Bertz CT molecular complexity index is 2500. The van der Waals surface area contributed by atoms with Gasteiger partial charge in [0.25, 0.3) is 0 Å². The molecule has 0 spiro atoms. The molecule has 60 heavy (non-hydrogen) atoms. The molecule has 7 rings (SSSR count). The first-order valence-electron chi connectivity index (χ1n) is 20.5. The van der Waals surface area contributed by atoms with Crippen LogP contribution < -0.4 is 10.6 Å². The third-order valence-corrected chi connectivity index (χ3v) is 16.3. The highest BCUT2D eigenvalue weighted by Crippen LogP contribution is 2.39. The number of rotatable bonds is 12. The summed E-state index contributed by atoms with van der Waals surface area (Å²) >= 11 is 0. The van der Waals surface area contributed by atoms with Gasteiger partial charge < -0.3 is 35.3 Å². The van der Waals surface area contributed by atoms with Crippen molar-refractivity contribution < 1.29 is 32.6 Å². The minimum absolute atomic E-state index is 0.0200. The van der Waals surface area contributed by atoms with Crippen molar-refractivity contribution in [2.24, 2.45) is 11.8 Å². The number of aliphatic hydroxyl groups excluding tert-OH is 1. The monoisotopic (exact) mass is 856 g/mol. The van der Waals surface area contributed by atoms with E-state index < -0.39 is 48.6 Å². The van der Waals surface area contributed by atoms with E-state index in [-0.39, 0.29) is 47.9 Å². The maximum atomic E-state index is 13.8. The standard InChI is InChI=1S/C43H56N8O7SSi/c1-25(2)34(45-37(53)21-52)20-50-24-60(6,7)23-36(50)41-46-32-15-13-30-18-29(12-14-31(30)39(32)48-41)27-8-10-28(11-9-27)33-19-44-40(47-33)35-22-59(56,57)17-16-51(35)42(54)38(26(3)4)49-43(55)58-5/h8-15,18-19,25-26,34-36,38,52H,16-17,20-24H2,1-7H3,(H,44,47)(H,45,53)(H,46,48)(H,49,55)/t34-,35?,36+,38+/m1/s1. The molecule has 0 bridgehead atoms. The highest BCUT2D eigenvalue weighted by Gasteiger charge is 2.43. The fraction of sp³-hybridized carbons (Fsp3) is 0.465. The Labute approximate surface area is 351 Å². The number of aromatic amines is 2. The van der Waals surface area contributed by atoms with E-state index in [1.807, 2.05) is 24.3 Å². The molecule has 2 aliphatic rings. The molecule has 2 aliphatic heterocycles. The summed E-state index contributed by atoms with van der Waals surface area (Å²) < 4.78 is 30.3. The lowest BCUT2D eigenvalue weighted by molar-refractivity contribution is -0.136. The van der Waals surface area contributed by atoms with Crippen molar-refractivity contribution in [1.29, 1.82) is 0 Å². The second-order valence-electron chi connectivity index (χ2n) is 17.7. The summed E-state index contributed by atoms with van der Waals surface area (Å²) in [7, 11) is -3.78. The number of fused-ring (bicyclic) bond motifs is 3. The lowest BCUT2D eigenvalue weighted by atomic mass is 9.99. The number of aliphatic hydroxyl groups is 1. The number of H-pyrrole nitrogens is 2. The maximum absolute atomic E-state index is 13.8. The second kappa shape index (κ2) is 17.1. The van der Waals surface area contributed by atoms with Gasteiger partial charge in [-0.15, -0.1) is 0 Å². The number of alkyl carbamates (subject to hydrolysis) is 1. The Morgan fingerprint density at radius 2 is 1.65 bits per heavy atom. The Balaban J connectivity index is 1.10. The fourth-order valence-electron chi connectivity index (χ4n) is 8.60. The zero-order valence-corrected chi connectivity index (χ0v) is 37.1. The van der Waals surface area contributed by atoms with Crippen LogP contribution in [0.4, 0.5) is 4.79 Å². The highest BCUT2D eigenvalue weighted by molar-refractivity contribution is 7.91. The number of carbonyl (C=O) groups excluding carboxylic acids is 3. The van der Waals surface area contributed by atoms with Crippen molar-refractivity contribution in [1.82, 2.24) is 40.4 Å². The quantitative estimate of drug-likeness (QED) is 0.104. The van der Waals surface area contributed by atoms with Crippen molar-refractivity contribution in [3.63, 3.8) is 0 Å².